The predicted octanol–water partition coefficient (Wildman–Crippen LogP) is 3.09. The Bertz CT molecular complexity index is 589. The third-order valence-corrected chi connectivity index (χ3v) is 4.86. The highest BCUT2D eigenvalue weighted by atomic mass is 16.4. The van der Waals surface area contributed by atoms with E-state index in [1.54, 1.807) is 12.1 Å². The van der Waals surface area contributed by atoms with E-state index in [-0.39, 0.29) is 11.5 Å². The number of aromatic carboxylic acids is 1. The fraction of sp³-hybridized carbons (Fsp3) is 0.500. The van der Waals surface area contributed by atoms with Crippen molar-refractivity contribution >= 4 is 23.3 Å². The lowest BCUT2D eigenvalue weighted by molar-refractivity contribution is -0.121. The Hall–Kier alpha value is -2.04. The van der Waals surface area contributed by atoms with Gasteiger partial charge in [-0.3, -0.25) is 4.79 Å². The van der Waals surface area contributed by atoms with Gasteiger partial charge in [-0.2, -0.15) is 0 Å². The smallest absolute Gasteiger partial charge is 0.335 e. The van der Waals surface area contributed by atoms with Gasteiger partial charge in [0, 0.05) is 0 Å². The third kappa shape index (κ3) is 2.37. The van der Waals surface area contributed by atoms with Crippen LogP contribution in [0.4, 0.5) is 11.4 Å². The molecule has 5 heteroatoms. The molecule has 1 saturated carbocycles. The molecule has 1 heterocycles. The van der Waals surface area contributed by atoms with Gasteiger partial charge >= 0.3 is 5.97 Å². The lowest BCUT2D eigenvalue weighted by atomic mass is 9.74. The maximum atomic E-state index is 12.5. The molecule has 0 unspecified atom stereocenters. The number of fused-ring (bicyclic) bond motifs is 1. The molecular weight excluding hydrogens is 268 g/mol. The van der Waals surface area contributed by atoms with E-state index < -0.39 is 11.5 Å². The van der Waals surface area contributed by atoms with Gasteiger partial charge in [-0.25, -0.2) is 4.79 Å². The average molecular weight is 288 g/mol. The van der Waals surface area contributed by atoms with Gasteiger partial charge in [0.15, 0.2) is 0 Å². The molecule has 0 aromatic heterocycles. The minimum atomic E-state index is -0.958. The first-order valence-electron chi connectivity index (χ1n) is 7.51. The Kier molecular flexibility index (Phi) is 3.35. The number of amides is 1. The van der Waals surface area contributed by atoms with Crippen molar-refractivity contribution in [3.8, 4) is 0 Å². The van der Waals surface area contributed by atoms with Gasteiger partial charge in [0.25, 0.3) is 0 Å². The van der Waals surface area contributed by atoms with Crippen LogP contribution in [0, 0.1) is 5.92 Å². The Labute approximate surface area is 123 Å². The molecule has 5 nitrogen and oxygen atoms in total. The zero-order valence-electron chi connectivity index (χ0n) is 12.1. The number of hydrogen-bond donors (Lipinski definition) is 3. The van der Waals surface area contributed by atoms with Crippen LogP contribution >= 0.6 is 0 Å². The van der Waals surface area contributed by atoms with Crippen LogP contribution in [0.3, 0.4) is 0 Å². The normalized spacial score (nSPS) is 27.7. The van der Waals surface area contributed by atoms with Crippen molar-refractivity contribution in [2.75, 3.05) is 10.6 Å². The summed E-state index contributed by atoms with van der Waals surface area (Å²) in [7, 11) is 0. The van der Waals surface area contributed by atoms with Crippen molar-refractivity contribution in [3.05, 3.63) is 23.8 Å². The number of benzene rings is 1. The number of anilines is 2. The molecule has 3 N–H and O–H groups in total. The topological polar surface area (TPSA) is 78.4 Å². The second-order valence-corrected chi connectivity index (χ2v) is 6.08. The quantitative estimate of drug-likeness (QED) is 0.781. The Balaban J connectivity index is 1.89. The van der Waals surface area contributed by atoms with E-state index in [2.05, 4.69) is 17.6 Å². The lowest BCUT2D eigenvalue weighted by Crippen LogP contribution is -2.54. The molecule has 1 spiro atoms. The van der Waals surface area contributed by atoms with Gasteiger partial charge < -0.3 is 15.7 Å². The molecule has 1 aromatic rings. The summed E-state index contributed by atoms with van der Waals surface area (Å²) in [6, 6.07) is 4.76. The first-order valence-corrected chi connectivity index (χ1v) is 7.51. The molecule has 1 amide bonds. The van der Waals surface area contributed by atoms with E-state index in [4.69, 9.17) is 5.11 Å². The van der Waals surface area contributed by atoms with E-state index in [1.807, 2.05) is 0 Å². The molecule has 3 rings (SSSR count). The van der Waals surface area contributed by atoms with Gasteiger partial charge in [0.2, 0.25) is 5.91 Å². The van der Waals surface area contributed by atoms with E-state index in [0.29, 0.717) is 17.3 Å². The summed E-state index contributed by atoms with van der Waals surface area (Å²) < 4.78 is 0. The van der Waals surface area contributed by atoms with Gasteiger partial charge in [-0.1, -0.05) is 13.3 Å². The van der Waals surface area contributed by atoms with Gasteiger partial charge in [0.05, 0.1) is 16.9 Å². The van der Waals surface area contributed by atoms with Crippen LogP contribution in [0.25, 0.3) is 0 Å². The predicted molar refractivity (Wildman–Crippen MR) is 80.6 cm³/mol. The monoisotopic (exact) mass is 288 g/mol. The molecule has 1 aliphatic carbocycles. The summed E-state index contributed by atoms with van der Waals surface area (Å²) >= 11 is 0. The minimum Gasteiger partial charge on any atom is -0.478 e. The molecule has 1 aromatic carbocycles. The average Bonchev–Trinajstić information content (AvgIpc) is 2.49. The third-order valence-electron chi connectivity index (χ3n) is 4.86. The van der Waals surface area contributed by atoms with Crippen LogP contribution < -0.4 is 10.6 Å². The van der Waals surface area contributed by atoms with Gasteiger partial charge in [-0.15, -0.1) is 0 Å². The minimum absolute atomic E-state index is 0.00706. The summed E-state index contributed by atoms with van der Waals surface area (Å²) in [6.45, 7) is 2.19. The fourth-order valence-electron chi connectivity index (χ4n) is 3.38. The van der Waals surface area contributed by atoms with Crippen LogP contribution in [-0.4, -0.2) is 22.5 Å². The SMILES string of the molecule is CCC1CCC2(CC1)Nc1cc(C(=O)O)ccc1NC2=O. The second-order valence-electron chi connectivity index (χ2n) is 6.08. The summed E-state index contributed by atoms with van der Waals surface area (Å²) in [5.41, 5.74) is 1.03. The molecule has 0 bridgehead atoms. The summed E-state index contributed by atoms with van der Waals surface area (Å²) in [4.78, 5) is 23.5. The standard InChI is InChI=1S/C16H20N2O3/c1-2-10-5-7-16(8-6-10)15(21)17-12-4-3-11(14(19)20)9-13(12)18-16/h3-4,9-10,18H,2,5-8H2,1H3,(H,17,21)(H,19,20). The largest absolute Gasteiger partial charge is 0.478 e. The van der Waals surface area contributed by atoms with Gasteiger partial charge in [-0.05, 0) is 49.8 Å². The first-order chi connectivity index (χ1) is 10.0. The van der Waals surface area contributed by atoms with Gasteiger partial charge in [0.1, 0.15) is 5.54 Å². The van der Waals surface area contributed by atoms with E-state index in [0.717, 1.165) is 32.1 Å². The Morgan fingerprint density at radius 1 is 1.33 bits per heavy atom. The van der Waals surface area contributed by atoms with E-state index in [1.165, 1.54) is 6.07 Å². The Morgan fingerprint density at radius 3 is 2.67 bits per heavy atom. The highest BCUT2D eigenvalue weighted by molar-refractivity contribution is 6.07. The van der Waals surface area contributed by atoms with Crippen LogP contribution in [0.2, 0.25) is 0 Å². The van der Waals surface area contributed by atoms with Crippen molar-refractivity contribution in [3.63, 3.8) is 0 Å². The molecule has 0 radical (unpaired) electrons. The van der Waals surface area contributed by atoms with Crippen molar-refractivity contribution < 1.29 is 14.7 Å². The lowest BCUT2D eigenvalue weighted by Gasteiger charge is -2.43. The number of nitrogens with one attached hydrogen (secondary N) is 2. The number of carbonyl (C=O) groups excluding carboxylic acids is 1. The highest BCUT2D eigenvalue weighted by Crippen LogP contribution is 2.41. The summed E-state index contributed by atoms with van der Waals surface area (Å²) in [6.07, 6.45) is 4.81. The first kappa shape index (κ1) is 13.9. The number of carboxylic acid groups (broad SMARTS) is 1. The summed E-state index contributed by atoms with van der Waals surface area (Å²) in [5, 5.41) is 15.3. The number of carbonyl (C=O) groups is 2. The summed E-state index contributed by atoms with van der Waals surface area (Å²) in [5.74, 6) is -0.259. The van der Waals surface area contributed by atoms with Crippen molar-refractivity contribution in [2.45, 2.75) is 44.6 Å². The number of hydrogen-bond acceptors (Lipinski definition) is 3. The molecule has 1 fully saturated rings. The van der Waals surface area contributed by atoms with Crippen LogP contribution in [-0.2, 0) is 4.79 Å². The molecule has 0 atom stereocenters. The molecule has 21 heavy (non-hydrogen) atoms. The van der Waals surface area contributed by atoms with E-state index in [9.17, 15) is 9.59 Å². The zero-order chi connectivity index (χ0) is 15.0. The highest BCUT2D eigenvalue weighted by Gasteiger charge is 2.44. The molecule has 112 valence electrons. The Morgan fingerprint density at radius 2 is 2.05 bits per heavy atom. The molecule has 2 aliphatic rings. The van der Waals surface area contributed by atoms with Crippen LogP contribution in [0.15, 0.2) is 18.2 Å². The van der Waals surface area contributed by atoms with E-state index >= 15 is 0 Å². The molecule has 1 aliphatic heterocycles. The molecular formula is C16H20N2O3. The van der Waals surface area contributed by atoms with Crippen LogP contribution in [0.1, 0.15) is 49.4 Å². The van der Waals surface area contributed by atoms with Crippen molar-refractivity contribution in [1.29, 1.82) is 0 Å². The fourth-order valence-corrected chi connectivity index (χ4v) is 3.38. The maximum Gasteiger partial charge on any atom is 0.335 e. The molecule has 0 saturated heterocycles. The second kappa shape index (κ2) is 5.06. The van der Waals surface area contributed by atoms with Crippen molar-refractivity contribution in [1.82, 2.24) is 0 Å². The van der Waals surface area contributed by atoms with Crippen molar-refractivity contribution in [2.24, 2.45) is 5.92 Å². The number of rotatable bonds is 2. The number of carboxylic acids is 1. The maximum absolute atomic E-state index is 12.5. The van der Waals surface area contributed by atoms with Crippen LogP contribution in [0.5, 0.6) is 0 Å². The zero-order valence-corrected chi connectivity index (χ0v) is 12.1.